The summed E-state index contributed by atoms with van der Waals surface area (Å²) in [6.07, 6.45) is 6.23. The summed E-state index contributed by atoms with van der Waals surface area (Å²) in [6, 6.07) is 8.14. The van der Waals surface area contributed by atoms with Crippen LogP contribution in [0.4, 0.5) is 0 Å². The first-order valence-corrected chi connectivity index (χ1v) is 9.52. The van der Waals surface area contributed by atoms with Gasteiger partial charge in [-0.2, -0.15) is 0 Å². The van der Waals surface area contributed by atoms with Crippen LogP contribution in [-0.2, 0) is 9.59 Å². The Bertz CT molecular complexity index is 696. The Morgan fingerprint density at radius 3 is 2.50 bits per heavy atom. The Morgan fingerprint density at radius 1 is 1.23 bits per heavy atom. The number of aliphatic hydroxyl groups is 1. The van der Waals surface area contributed by atoms with Crippen LogP contribution in [0.5, 0.6) is 0 Å². The standard InChI is InChI=1S/C21H28N2O3/c1-3-20(26)22-12-18-21(19(13-24)23(18)14(2)25)17-10-8-16(9-11-17)15-6-4-5-7-15/h6,8-11,18-19,21,24H,3-5,7,12-13H2,1-2H3,(H,22,26)/t18-,19+,21+/m0/s1. The maximum Gasteiger partial charge on any atom is 0.220 e. The zero-order chi connectivity index (χ0) is 18.7. The van der Waals surface area contributed by atoms with Crippen molar-refractivity contribution >= 4 is 17.4 Å². The molecule has 0 radical (unpaired) electrons. The predicted octanol–water partition coefficient (Wildman–Crippen LogP) is 2.46. The highest BCUT2D eigenvalue weighted by Gasteiger charge is 2.49. The minimum absolute atomic E-state index is 0.0248. The van der Waals surface area contributed by atoms with Crippen molar-refractivity contribution in [3.05, 3.63) is 41.5 Å². The molecule has 3 atom stereocenters. The zero-order valence-electron chi connectivity index (χ0n) is 15.6. The highest BCUT2D eigenvalue weighted by atomic mass is 16.3. The van der Waals surface area contributed by atoms with Crippen LogP contribution in [0.1, 0.15) is 56.6 Å². The van der Waals surface area contributed by atoms with E-state index in [1.807, 2.05) is 6.92 Å². The molecule has 140 valence electrons. The average Bonchev–Trinajstić information content (AvgIpc) is 3.15. The van der Waals surface area contributed by atoms with Gasteiger partial charge >= 0.3 is 0 Å². The number of amides is 2. The van der Waals surface area contributed by atoms with E-state index < -0.39 is 0 Å². The van der Waals surface area contributed by atoms with E-state index in [2.05, 4.69) is 35.7 Å². The quantitative estimate of drug-likeness (QED) is 0.823. The van der Waals surface area contributed by atoms with Crippen LogP contribution in [0.3, 0.4) is 0 Å². The highest BCUT2D eigenvalue weighted by Crippen LogP contribution is 2.41. The molecule has 2 amide bonds. The molecule has 1 aliphatic carbocycles. The van der Waals surface area contributed by atoms with E-state index in [4.69, 9.17) is 0 Å². The van der Waals surface area contributed by atoms with Gasteiger partial charge in [-0.1, -0.05) is 37.3 Å². The molecule has 0 aromatic heterocycles. The molecule has 1 heterocycles. The fraction of sp³-hybridized carbons (Fsp3) is 0.524. The second-order valence-corrected chi connectivity index (χ2v) is 7.17. The first-order chi connectivity index (χ1) is 12.6. The Labute approximate surface area is 155 Å². The minimum atomic E-state index is -0.229. The van der Waals surface area contributed by atoms with Gasteiger partial charge in [0.2, 0.25) is 11.8 Å². The van der Waals surface area contributed by atoms with Crippen molar-refractivity contribution in [3.63, 3.8) is 0 Å². The SMILES string of the molecule is CCC(=O)NC[C@H]1[C@@H](c2ccc(C3=CCCC3)cc2)[C@@H](CO)N1C(C)=O. The molecule has 26 heavy (non-hydrogen) atoms. The third-order valence-electron chi connectivity index (χ3n) is 5.63. The van der Waals surface area contributed by atoms with Gasteiger partial charge in [0.25, 0.3) is 0 Å². The van der Waals surface area contributed by atoms with Gasteiger partial charge in [0, 0.05) is 25.8 Å². The van der Waals surface area contributed by atoms with Crippen LogP contribution in [0.15, 0.2) is 30.3 Å². The monoisotopic (exact) mass is 356 g/mol. The Kier molecular flexibility index (Phi) is 5.77. The molecule has 1 aliphatic heterocycles. The molecular weight excluding hydrogens is 328 g/mol. The normalized spacial score (nSPS) is 24.8. The zero-order valence-corrected chi connectivity index (χ0v) is 15.6. The summed E-state index contributed by atoms with van der Waals surface area (Å²) in [5.41, 5.74) is 3.77. The van der Waals surface area contributed by atoms with Gasteiger partial charge in [0.15, 0.2) is 0 Å². The van der Waals surface area contributed by atoms with E-state index in [0.29, 0.717) is 13.0 Å². The summed E-state index contributed by atoms with van der Waals surface area (Å²) in [5, 5.41) is 12.7. The molecule has 2 N–H and O–H groups in total. The Hall–Kier alpha value is -2.14. The number of aliphatic hydroxyl groups excluding tert-OH is 1. The van der Waals surface area contributed by atoms with Gasteiger partial charge in [0.1, 0.15) is 0 Å². The lowest BCUT2D eigenvalue weighted by molar-refractivity contribution is -0.148. The minimum Gasteiger partial charge on any atom is -0.394 e. The van der Waals surface area contributed by atoms with Gasteiger partial charge in [-0.15, -0.1) is 0 Å². The number of likely N-dealkylation sites (tertiary alicyclic amines) is 1. The predicted molar refractivity (Wildman–Crippen MR) is 101 cm³/mol. The van der Waals surface area contributed by atoms with E-state index in [-0.39, 0.29) is 36.4 Å². The van der Waals surface area contributed by atoms with Gasteiger partial charge in [-0.05, 0) is 36.0 Å². The van der Waals surface area contributed by atoms with Crippen molar-refractivity contribution in [1.29, 1.82) is 0 Å². The molecule has 5 nitrogen and oxygen atoms in total. The first kappa shape index (κ1) is 18.6. The fourth-order valence-corrected chi connectivity index (χ4v) is 4.28. The van der Waals surface area contributed by atoms with E-state index >= 15 is 0 Å². The largest absolute Gasteiger partial charge is 0.394 e. The van der Waals surface area contributed by atoms with E-state index in [9.17, 15) is 14.7 Å². The summed E-state index contributed by atoms with van der Waals surface area (Å²) in [6.45, 7) is 3.67. The lowest BCUT2D eigenvalue weighted by atomic mass is 9.74. The van der Waals surface area contributed by atoms with E-state index in [0.717, 1.165) is 18.4 Å². The van der Waals surface area contributed by atoms with Crippen LogP contribution >= 0.6 is 0 Å². The average molecular weight is 356 g/mol. The van der Waals surface area contributed by atoms with Crippen molar-refractivity contribution in [2.45, 2.75) is 57.5 Å². The molecule has 3 rings (SSSR count). The van der Waals surface area contributed by atoms with Crippen LogP contribution < -0.4 is 5.32 Å². The number of allylic oxidation sites excluding steroid dienone is 2. The molecular formula is C21H28N2O3. The number of carbonyl (C=O) groups is 2. The number of rotatable bonds is 6. The molecule has 0 bridgehead atoms. The first-order valence-electron chi connectivity index (χ1n) is 9.52. The number of nitrogens with one attached hydrogen (secondary N) is 1. The topological polar surface area (TPSA) is 69.6 Å². The molecule has 1 saturated heterocycles. The fourth-order valence-electron chi connectivity index (χ4n) is 4.28. The number of hydrogen-bond acceptors (Lipinski definition) is 3. The van der Waals surface area contributed by atoms with Crippen LogP contribution in [0.25, 0.3) is 5.57 Å². The molecule has 1 aromatic rings. The number of benzene rings is 1. The number of nitrogens with zero attached hydrogens (tertiary/aromatic N) is 1. The van der Waals surface area contributed by atoms with Crippen LogP contribution in [0, 0.1) is 0 Å². The molecule has 2 aliphatic rings. The Balaban J connectivity index is 1.79. The summed E-state index contributed by atoms with van der Waals surface area (Å²) in [7, 11) is 0. The maximum absolute atomic E-state index is 12.0. The van der Waals surface area contributed by atoms with Crippen molar-refractivity contribution in [2.24, 2.45) is 0 Å². The molecule has 1 fully saturated rings. The summed E-state index contributed by atoms with van der Waals surface area (Å²) >= 11 is 0. The van der Waals surface area contributed by atoms with Gasteiger partial charge < -0.3 is 15.3 Å². The molecule has 5 heteroatoms. The summed E-state index contributed by atoms with van der Waals surface area (Å²) < 4.78 is 0. The van der Waals surface area contributed by atoms with Crippen molar-refractivity contribution < 1.29 is 14.7 Å². The molecule has 0 unspecified atom stereocenters. The maximum atomic E-state index is 12.0. The van der Waals surface area contributed by atoms with Gasteiger partial charge in [0.05, 0.1) is 18.7 Å². The third-order valence-corrected chi connectivity index (χ3v) is 5.63. The second kappa shape index (κ2) is 8.04. The number of hydrogen-bond donors (Lipinski definition) is 2. The summed E-state index contributed by atoms with van der Waals surface area (Å²) in [4.78, 5) is 25.4. The van der Waals surface area contributed by atoms with Crippen molar-refractivity contribution in [1.82, 2.24) is 10.2 Å². The van der Waals surface area contributed by atoms with Gasteiger partial charge in [-0.3, -0.25) is 9.59 Å². The number of carbonyl (C=O) groups excluding carboxylic acids is 2. The molecule has 0 spiro atoms. The van der Waals surface area contributed by atoms with Crippen molar-refractivity contribution in [3.8, 4) is 0 Å². The second-order valence-electron chi connectivity index (χ2n) is 7.17. The summed E-state index contributed by atoms with van der Waals surface area (Å²) in [5.74, 6) is -0.0559. The van der Waals surface area contributed by atoms with Crippen LogP contribution in [-0.4, -0.2) is 47.1 Å². The molecule has 1 aromatic carbocycles. The van der Waals surface area contributed by atoms with Gasteiger partial charge in [-0.25, -0.2) is 0 Å². The van der Waals surface area contributed by atoms with Crippen molar-refractivity contribution in [2.75, 3.05) is 13.2 Å². The lowest BCUT2D eigenvalue weighted by Crippen LogP contribution is -2.68. The lowest BCUT2D eigenvalue weighted by Gasteiger charge is -2.54. The van der Waals surface area contributed by atoms with E-state index in [1.165, 1.54) is 24.5 Å². The van der Waals surface area contributed by atoms with E-state index in [1.54, 1.807) is 4.90 Å². The highest BCUT2D eigenvalue weighted by molar-refractivity contribution is 5.77. The molecule has 0 saturated carbocycles. The van der Waals surface area contributed by atoms with Crippen LogP contribution in [0.2, 0.25) is 0 Å². The smallest absolute Gasteiger partial charge is 0.220 e. The Morgan fingerprint density at radius 2 is 1.96 bits per heavy atom. The third kappa shape index (κ3) is 3.54.